The molecule has 1 amide bonds. The number of carbonyl (C=O) groups excluding carboxylic acids is 1. The van der Waals surface area contributed by atoms with Gasteiger partial charge in [0.25, 0.3) is 5.69 Å². The van der Waals surface area contributed by atoms with Gasteiger partial charge in [0, 0.05) is 37.0 Å². The van der Waals surface area contributed by atoms with Crippen LogP contribution in [0.25, 0.3) is 11.1 Å². The lowest BCUT2D eigenvalue weighted by Crippen LogP contribution is -2.42. The molecular weight excluding hydrogens is 300 g/mol. The van der Waals surface area contributed by atoms with Crippen LogP contribution >= 0.6 is 0 Å². The molecule has 0 atom stereocenters. The first-order valence-corrected chi connectivity index (χ1v) is 7.26. The molecule has 0 saturated carbocycles. The molecule has 1 fully saturated rings. The van der Waals surface area contributed by atoms with E-state index in [4.69, 9.17) is 4.74 Å². The highest BCUT2D eigenvalue weighted by atomic mass is 16.6. The first kappa shape index (κ1) is 15.2. The van der Waals surface area contributed by atoms with Crippen molar-refractivity contribution in [3.05, 3.63) is 46.8 Å². The molecule has 1 saturated heterocycles. The third-order valence-electron chi connectivity index (χ3n) is 3.71. The van der Waals surface area contributed by atoms with Crippen LogP contribution in [0.3, 0.4) is 0 Å². The van der Waals surface area contributed by atoms with Crippen molar-refractivity contribution in [1.82, 2.24) is 14.7 Å². The van der Waals surface area contributed by atoms with Gasteiger partial charge in [-0.25, -0.2) is 0 Å². The lowest BCUT2D eigenvalue weighted by molar-refractivity contribution is -0.384. The van der Waals surface area contributed by atoms with Crippen LogP contribution in [-0.2, 0) is 16.1 Å². The Kier molecular flexibility index (Phi) is 4.33. The van der Waals surface area contributed by atoms with Crippen LogP contribution < -0.4 is 0 Å². The van der Waals surface area contributed by atoms with Crippen LogP contribution in [0, 0.1) is 10.1 Å². The lowest BCUT2D eigenvalue weighted by Gasteiger charge is -2.26. The van der Waals surface area contributed by atoms with Crippen molar-refractivity contribution in [3.63, 3.8) is 0 Å². The quantitative estimate of drug-likeness (QED) is 0.626. The summed E-state index contributed by atoms with van der Waals surface area (Å²) in [6.07, 6.45) is 3.41. The molecule has 1 aromatic carbocycles. The van der Waals surface area contributed by atoms with E-state index in [1.54, 1.807) is 34.1 Å². The number of amides is 1. The predicted octanol–water partition coefficient (Wildman–Crippen LogP) is 1.32. The molecule has 1 aromatic heterocycles. The zero-order chi connectivity index (χ0) is 16.2. The van der Waals surface area contributed by atoms with E-state index in [1.165, 1.54) is 12.1 Å². The molecule has 2 heterocycles. The van der Waals surface area contributed by atoms with Gasteiger partial charge in [0.15, 0.2) is 0 Å². The molecule has 8 heteroatoms. The van der Waals surface area contributed by atoms with Gasteiger partial charge in [-0.05, 0) is 17.7 Å². The van der Waals surface area contributed by atoms with Crippen LogP contribution in [-0.4, -0.2) is 51.8 Å². The monoisotopic (exact) mass is 316 g/mol. The van der Waals surface area contributed by atoms with Gasteiger partial charge in [-0.15, -0.1) is 0 Å². The number of benzene rings is 1. The molecule has 23 heavy (non-hydrogen) atoms. The first-order valence-electron chi connectivity index (χ1n) is 7.26. The Morgan fingerprint density at radius 1 is 1.22 bits per heavy atom. The Morgan fingerprint density at radius 3 is 2.57 bits per heavy atom. The Balaban J connectivity index is 1.67. The Morgan fingerprint density at radius 2 is 1.91 bits per heavy atom. The van der Waals surface area contributed by atoms with E-state index < -0.39 is 4.92 Å². The van der Waals surface area contributed by atoms with Crippen LogP contribution in [0.1, 0.15) is 0 Å². The van der Waals surface area contributed by atoms with Crippen LogP contribution in [0.4, 0.5) is 5.69 Å². The minimum Gasteiger partial charge on any atom is -0.378 e. The molecule has 120 valence electrons. The second kappa shape index (κ2) is 6.57. The first-order chi connectivity index (χ1) is 11.1. The molecule has 0 bridgehead atoms. The van der Waals surface area contributed by atoms with Crippen molar-refractivity contribution >= 4 is 11.6 Å². The Hall–Kier alpha value is -2.74. The summed E-state index contributed by atoms with van der Waals surface area (Å²) in [5.74, 6) is 0.00616. The predicted molar refractivity (Wildman–Crippen MR) is 81.7 cm³/mol. The number of morpholine rings is 1. The molecule has 1 aliphatic rings. The zero-order valence-corrected chi connectivity index (χ0v) is 12.4. The average Bonchev–Trinajstić information content (AvgIpc) is 3.04. The molecule has 0 aliphatic carbocycles. The van der Waals surface area contributed by atoms with E-state index >= 15 is 0 Å². The summed E-state index contributed by atoms with van der Waals surface area (Å²) < 4.78 is 6.80. The highest BCUT2D eigenvalue weighted by molar-refractivity contribution is 5.76. The van der Waals surface area contributed by atoms with Gasteiger partial charge in [-0.2, -0.15) is 5.10 Å². The van der Waals surface area contributed by atoms with E-state index in [0.717, 1.165) is 11.1 Å². The summed E-state index contributed by atoms with van der Waals surface area (Å²) in [6.45, 7) is 2.52. The fourth-order valence-corrected chi connectivity index (χ4v) is 2.43. The van der Waals surface area contributed by atoms with E-state index in [2.05, 4.69) is 5.10 Å². The molecule has 0 spiro atoms. The second-order valence-electron chi connectivity index (χ2n) is 5.22. The largest absolute Gasteiger partial charge is 0.378 e. The second-order valence-corrected chi connectivity index (χ2v) is 5.22. The topological polar surface area (TPSA) is 90.5 Å². The molecule has 2 aromatic rings. The number of hydrogen-bond donors (Lipinski definition) is 0. The lowest BCUT2D eigenvalue weighted by atomic mass is 10.1. The maximum atomic E-state index is 12.2. The van der Waals surface area contributed by atoms with Crippen LogP contribution in [0.15, 0.2) is 36.7 Å². The third-order valence-corrected chi connectivity index (χ3v) is 3.71. The molecule has 8 nitrogen and oxygen atoms in total. The smallest absolute Gasteiger partial charge is 0.269 e. The number of non-ortho nitro benzene ring substituents is 1. The standard InChI is InChI=1S/C15H16N4O4/c20-15(17-5-7-23-8-6-17)11-18-10-13(9-16-18)12-1-3-14(4-2-12)19(21)22/h1-4,9-10H,5-8,11H2. The average molecular weight is 316 g/mol. The number of ether oxygens (including phenoxy) is 1. The minimum absolute atomic E-state index is 0.00616. The van der Waals surface area contributed by atoms with Crippen LogP contribution in [0.5, 0.6) is 0 Å². The summed E-state index contributed by atoms with van der Waals surface area (Å²) in [4.78, 5) is 24.2. The molecule has 1 aliphatic heterocycles. The molecule has 3 rings (SSSR count). The van der Waals surface area contributed by atoms with Gasteiger partial charge >= 0.3 is 0 Å². The zero-order valence-electron chi connectivity index (χ0n) is 12.4. The Bertz CT molecular complexity index is 705. The van der Waals surface area contributed by atoms with Gasteiger partial charge in [0.05, 0.1) is 24.3 Å². The maximum Gasteiger partial charge on any atom is 0.269 e. The Labute approximate surface area is 132 Å². The molecule has 0 unspecified atom stereocenters. The summed E-state index contributed by atoms with van der Waals surface area (Å²) >= 11 is 0. The maximum absolute atomic E-state index is 12.2. The number of hydrogen-bond acceptors (Lipinski definition) is 5. The molecule has 0 N–H and O–H groups in total. The summed E-state index contributed by atoms with van der Waals surface area (Å²) in [7, 11) is 0. The SMILES string of the molecule is O=C(Cn1cc(-c2ccc([N+](=O)[O-])cc2)cn1)N1CCOCC1. The van der Waals surface area contributed by atoms with E-state index in [9.17, 15) is 14.9 Å². The van der Waals surface area contributed by atoms with E-state index in [-0.39, 0.29) is 18.1 Å². The highest BCUT2D eigenvalue weighted by Gasteiger charge is 2.17. The van der Waals surface area contributed by atoms with Crippen molar-refractivity contribution in [3.8, 4) is 11.1 Å². The highest BCUT2D eigenvalue weighted by Crippen LogP contribution is 2.21. The minimum atomic E-state index is -0.436. The number of carbonyl (C=O) groups is 1. The van der Waals surface area contributed by atoms with Crippen molar-refractivity contribution < 1.29 is 14.5 Å². The normalized spacial score (nSPS) is 14.7. The van der Waals surface area contributed by atoms with Crippen molar-refractivity contribution in [2.45, 2.75) is 6.54 Å². The summed E-state index contributed by atoms with van der Waals surface area (Å²) in [6, 6.07) is 6.24. The van der Waals surface area contributed by atoms with E-state index in [0.29, 0.717) is 26.3 Å². The number of nitro benzene ring substituents is 1. The van der Waals surface area contributed by atoms with Gasteiger partial charge in [0.2, 0.25) is 5.91 Å². The summed E-state index contributed by atoms with van der Waals surface area (Å²) in [5, 5.41) is 14.9. The number of aromatic nitrogens is 2. The van der Waals surface area contributed by atoms with Gasteiger partial charge < -0.3 is 9.64 Å². The summed E-state index contributed by atoms with van der Waals surface area (Å²) in [5.41, 5.74) is 1.68. The van der Waals surface area contributed by atoms with E-state index in [1.807, 2.05) is 0 Å². The van der Waals surface area contributed by atoms with Gasteiger partial charge in [0.1, 0.15) is 6.54 Å². The van der Waals surface area contributed by atoms with Crippen LogP contribution in [0.2, 0.25) is 0 Å². The van der Waals surface area contributed by atoms with Gasteiger partial charge in [-0.1, -0.05) is 0 Å². The fraction of sp³-hybridized carbons (Fsp3) is 0.333. The van der Waals surface area contributed by atoms with Gasteiger partial charge in [-0.3, -0.25) is 19.6 Å². The molecule has 0 radical (unpaired) electrons. The number of nitrogens with zero attached hydrogens (tertiary/aromatic N) is 4. The number of rotatable bonds is 4. The third kappa shape index (κ3) is 3.54. The van der Waals surface area contributed by atoms with Crippen molar-refractivity contribution in [2.24, 2.45) is 0 Å². The van der Waals surface area contributed by atoms with Crippen molar-refractivity contribution in [1.29, 1.82) is 0 Å². The van der Waals surface area contributed by atoms with Crippen molar-refractivity contribution in [2.75, 3.05) is 26.3 Å². The fourth-order valence-electron chi connectivity index (χ4n) is 2.43. The molecular formula is C15H16N4O4. The number of nitro groups is 1.